The van der Waals surface area contributed by atoms with Crippen LogP contribution in [0.1, 0.15) is 181 Å². The number of pyridine rings is 4. The number of fused-ring (bicyclic) bond motifs is 9. The van der Waals surface area contributed by atoms with Gasteiger partial charge in [0.25, 0.3) is 70.8 Å². The minimum absolute atomic E-state index is 0.00951. The lowest BCUT2D eigenvalue weighted by atomic mass is 9.88. The van der Waals surface area contributed by atoms with Gasteiger partial charge in [-0.2, -0.15) is 58.9 Å². The number of unbranched alkanes of at least 4 members (excludes halogenated alkanes) is 1. The highest BCUT2D eigenvalue weighted by atomic mass is 32.2. The Hall–Kier alpha value is -8.10. The molecule has 0 fully saturated rings. The number of aromatic nitrogens is 5. The molecule has 9 aromatic rings. The first-order valence-corrected chi connectivity index (χ1v) is 56.0. The van der Waals surface area contributed by atoms with Gasteiger partial charge in [-0.15, -0.1) is 11.3 Å². The van der Waals surface area contributed by atoms with Crippen LogP contribution in [0.3, 0.4) is 0 Å². The van der Waals surface area contributed by atoms with Crippen LogP contribution in [0.4, 0.5) is 0 Å². The molecule has 8 N–H and O–H groups in total. The second kappa shape index (κ2) is 49.8. The zero-order valence-corrected chi connectivity index (χ0v) is 80.6. The number of H-pyrrole nitrogens is 1. The molecule has 3 unspecified atom stereocenters. The van der Waals surface area contributed by atoms with Crippen molar-refractivity contribution in [1.82, 2.24) is 14.8 Å². The molecule has 0 radical (unpaired) electrons. The van der Waals surface area contributed by atoms with Crippen LogP contribution in [0.25, 0.3) is 32.1 Å². The summed E-state index contributed by atoms with van der Waals surface area (Å²) in [6.45, 7) is 8.30. The molecule has 130 heavy (non-hydrogen) atoms. The van der Waals surface area contributed by atoms with E-state index in [-0.39, 0.29) is 46.1 Å². The summed E-state index contributed by atoms with van der Waals surface area (Å²) in [4.78, 5) is 21.8. The predicted octanol–water partition coefficient (Wildman–Crippen LogP) is 12.4. The molecule has 8 heterocycles. The molecule has 0 saturated carbocycles. The number of hydrogen-bond donors (Lipinski definition) is 8. The minimum Gasteiger partial charge on any atom is -0.357 e. The zero-order chi connectivity index (χ0) is 94.3. The van der Waals surface area contributed by atoms with Crippen molar-refractivity contribution < 1.29 is 118 Å². The van der Waals surface area contributed by atoms with Crippen molar-refractivity contribution >= 4 is 109 Å². The average Bonchev–Trinajstić information content (AvgIpc) is 1.64. The summed E-state index contributed by atoms with van der Waals surface area (Å²) in [7, 11) is -20.9. The number of aryl methyl sites for hydroxylation is 4. The monoisotopic (exact) mass is 1950 g/mol. The lowest BCUT2D eigenvalue weighted by Gasteiger charge is -2.26. The molecule has 30 nitrogen and oxygen atoms in total. The first-order valence-electron chi connectivity index (χ1n) is 43.9. The lowest BCUT2D eigenvalue weighted by molar-refractivity contribution is -0.870. The number of carbonyl (C=O) groups is 1. The van der Waals surface area contributed by atoms with Gasteiger partial charge in [0.05, 0.1) is 73.5 Å². The molecular weight excluding hydrogens is 1830 g/mol. The Balaban J connectivity index is 0.000000172. The molecule has 6 aliphatic rings. The molecule has 15 rings (SSSR count). The standard InChI is InChI=1S/C15H20N2O3S.C15H13NO4S.C14H17NO3S2.3C14H19NO3S.C6H15NO3S/c18-21(19,20)10-4-3-8-17-9-7-13-12-5-1-2-6-14(12)16-15(13)11-17;17-15-13-5-2-1-4-11(13)12-6-8-16(10-14(12)15)7-3-9-21(18,19)20;16-20(17,18)9-3-7-15-8-6-12-11-4-1-2-5-13(11)19-14(12)10-15;3*16-19(17,18)12-4-9-15-10-7-14(8-11-15)13-5-2-1-3-6-13;1-7(2,3)5-4-6-11(8,9)10/h1-2,5-6,16H,3-4,7-11H2,(H,18,19,20);1-2,4-6,8,10H,3,7,9H2;1-2,4-5H,3,6-10H2,(H,16,17,18);3*1-2,7-8,10-11,13H,3-6,9,12H2;4-6H2,1-3H3/p+5. The van der Waals surface area contributed by atoms with E-state index in [9.17, 15) is 63.7 Å². The maximum Gasteiger partial charge on any atom is 0.265 e. The van der Waals surface area contributed by atoms with Gasteiger partial charge in [-0.05, 0) is 172 Å². The van der Waals surface area contributed by atoms with Crippen molar-refractivity contribution in [2.75, 3.05) is 94.1 Å². The van der Waals surface area contributed by atoms with Crippen molar-refractivity contribution in [2.45, 2.75) is 179 Å². The van der Waals surface area contributed by atoms with Crippen molar-refractivity contribution in [3.63, 3.8) is 0 Å². The van der Waals surface area contributed by atoms with Crippen LogP contribution in [-0.4, -0.2) is 210 Å². The van der Waals surface area contributed by atoms with Crippen LogP contribution in [0.15, 0.2) is 201 Å². The fourth-order valence-electron chi connectivity index (χ4n) is 16.4. The molecule has 4 aliphatic carbocycles. The Morgan fingerprint density at radius 1 is 0.385 bits per heavy atom. The first-order chi connectivity index (χ1) is 61.4. The Bertz CT molecular complexity index is 5910. The molecule has 0 amide bonds. The quantitative estimate of drug-likeness (QED) is 0.00638. The molecule has 0 spiro atoms. The highest BCUT2D eigenvalue weighted by Crippen LogP contribution is 2.38. The maximum absolute atomic E-state index is 12.3. The number of carbonyl (C=O) groups excluding carboxylic acids is 1. The Labute approximate surface area is 771 Å². The van der Waals surface area contributed by atoms with Gasteiger partial charge in [0, 0.05) is 138 Å². The van der Waals surface area contributed by atoms with Gasteiger partial charge in [-0.25, -0.2) is 18.3 Å². The number of hydrogen-bond acceptors (Lipinski definition) is 18. The van der Waals surface area contributed by atoms with Crippen LogP contribution >= 0.6 is 11.3 Å². The van der Waals surface area contributed by atoms with E-state index in [2.05, 4.69) is 130 Å². The Morgan fingerprint density at radius 3 is 1.20 bits per heavy atom. The molecule has 6 aromatic heterocycles. The number of aromatic amines is 1. The average molecular weight is 1950 g/mol. The summed E-state index contributed by atoms with van der Waals surface area (Å²) in [6.07, 6.45) is 45.1. The fourth-order valence-corrected chi connectivity index (χ4v) is 21.2. The van der Waals surface area contributed by atoms with Crippen LogP contribution in [-0.2, 0) is 123 Å². The number of ketones is 1. The second-order valence-electron chi connectivity index (χ2n) is 34.5. The van der Waals surface area contributed by atoms with Crippen molar-refractivity contribution in [3.05, 3.63) is 251 Å². The van der Waals surface area contributed by atoms with E-state index in [4.69, 9.17) is 31.9 Å². The molecular formula is C92H127N8O22S8+5. The summed E-state index contributed by atoms with van der Waals surface area (Å²) in [5.74, 6) is 0.547. The third-order valence-corrected chi connectivity index (χ3v) is 29.8. The summed E-state index contributed by atoms with van der Waals surface area (Å²) >= 11 is 1.83. The fraction of sp³-hybridized carbons (Fsp3) is 0.467. The second-order valence-corrected chi connectivity index (χ2v) is 46.6. The largest absolute Gasteiger partial charge is 0.357 e. The van der Waals surface area contributed by atoms with E-state index in [1.165, 1.54) is 78.6 Å². The number of quaternary nitrogens is 1. The molecule has 0 bridgehead atoms. The van der Waals surface area contributed by atoms with Gasteiger partial charge < -0.3 is 9.47 Å². The first kappa shape index (κ1) is 106. The summed E-state index contributed by atoms with van der Waals surface area (Å²) in [5.41, 5.74) is 12.5. The van der Waals surface area contributed by atoms with Crippen LogP contribution in [0.5, 0.6) is 0 Å². The van der Waals surface area contributed by atoms with E-state index in [1.54, 1.807) is 16.8 Å². The maximum atomic E-state index is 12.3. The normalized spacial score (nSPS) is 17.0. The summed E-state index contributed by atoms with van der Waals surface area (Å²) in [5, 5.41) is 2.68. The minimum atomic E-state index is -3.94. The van der Waals surface area contributed by atoms with Gasteiger partial charge in [-0.3, -0.25) is 46.5 Å². The van der Waals surface area contributed by atoms with Gasteiger partial charge >= 0.3 is 0 Å². The van der Waals surface area contributed by atoms with E-state index in [0.717, 1.165) is 113 Å². The van der Waals surface area contributed by atoms with Crippen LogP contribution in [0.2, 0.25) is 0 Å². The van der Waals surface area contributed by atoms with E-state index in [1.807, 2.05) is 120 Å². The molecule has 2 aliphatic heterocycles. The molecule has 3 atom stereocenters. The SMILES string of the molecule is C[N+](C)(C)CCCS(=O)(=O)O.O=C1c2ccccc2-c2cc[n+](CCCS(=O)(=O)O)cc21.O=S(=O)(O)CCCCN1CCc2c([nH]c3ccccc23)C1.O=S(=O)(O)CCCN1CCc2c(sc3ccccc23)C1.O=S(=O)(O)CCC[n+]1ccc(C2CC=CCC2)cc1.O=S(=O)(O)CCC[n+]1ccc(C2CC=CCC2)cc1.O=S(=O)(O)CCC[n+]1ccc(C2CC=CCC2)cc1. The van der Waals surface area contributed by atoms with E-state index in [0.29, 0.717) is 107 Å². The highest BCUT2D eigenvalue weighted by molar-refractivity contribution is 7.87. The number of allylic oxidation sites excluding steroid dienone is 6. The molecule has 38 heteroatoms. The third-order valence-electron chi connectivity index (χ3n) is 23.0. The molecule has 0 saturated heterocycles. The topological polar surface area (TPSA) is 435 Å². The van der Waals surface area contributed by atoms with E-state index < -0.39 is 70.8 Å². The van der Waals surface area contributed by atoms with E-state index >= 15 is 0 Å². The van der Waals surface area contributed by atoms with Gasteiger partial charge in [0.1, 0.15) is 26.2 Å². The number of nitrogens with one attached hydrogen (secondary N) is 1. The lowest BCUT2D eigenvalue weighted by Crippen LogP contribution is -2.36. The summed E-state index contributed by atoms with van der Waals surface area (Å²) < 4.78 is 219. The Morgan fingerprint density at radius 2 is 0.754 bits per heavy atom. The van der Waals surface area contributed by atoms with Crippen molar-refractivity contribution in [3.8, 4) is 11.1 Å². The molecule has 710 valence electrons. The number of nitrogens with zero attached hydrogens (tertiary/aromatic N) is 7. The van der Waals surface area contributed by atoms with Gasteiger partial charge in [0.15, 0.2) is 55.4 Å². The number of rotatable bonds is 32. The summed E-state index contributed by atoms with van der Waals surface area (Å²) in [6, 6.07) is 38.8. The van der Waals surface area contributed by atoms with Crippen LogP contribution < -0.4 is 18.3 Å². The highest BCUT2D eigenvalue weighted by Gasteiger charge is 2.30. The van der Waals surface area contributed by atoms with Gasteiger partial charge in [0.2, 0.25) is 0 Å². The Kier molecular flexibility index (Phi) is 40.4. The van der Waals surface area contributed by atoms with Crippen molar-refractivity contribution in [1.29, 1.82) is 0 Å². The number of para-hydroxylation sites is 1. The number of benzene rings is 3. The van der Waals surface area contributed by atoms with Gasteiger partial charge in [-0.1, -0.05) is 97.1 Å². The third kappa shape index (κ3) is 38.8. The smallest absolute Gasteiger partial charge is 0.265 e. The van der Waals surface area contributed by atoms with Crippen molar-refractivity contribution in [2.24, 2.45) is 0 Å². The zero-order valence-electron chi connectivity index (χ0n) is 74.1. The number of thiophene rings is 1. The predicted molar refractivity (Wildman–Crippen MR) is 505 cm³/mol. The molecule has 3 aromatic carbocycles. The van der Waals surface area contributed by atoms with Crippen LogP contribution in [0, 0.1) is 0 Å².